The van der Waals surface area contributed by atoms with E-state index in [4.69, 9.17) is 0 Å². The minimum absolute atomic E-state index is 0.0902. The van der Waals surface area contributed by atoms with Gasteiger partial charge in [0.05, 0.1) is 6.10 Å². The van der Waals surface area contributed by atoms with Gasteiger partial charge in [-0.25, -0.2) is 0 Å². The lowest BCUT2D eigenvalue weighted by molar-refractivity contribution is 0.0425. The van der Waals surface area contributed by atoms with Crippen LogP contribution in [-0.4, -0.2) is 47.8 Å². The number of hydrogen-bond donors (Lipinski definition) is 2. The Morgan fingerprint density at radius 2 is 2.21 bits per heavy atom. The predicted octanol–water partition coefficient (Wildman–Crippen LogP) is 0.584. The van der Waals surface area contributed by atoms with Crippen molar-refractivity contribution in [3.05, 3.63) is 0 Å². The van der Waals surface area contributed by atoms with E-state index in [1.807, 2.05) is 0 Å². The van der Waals surface area contributed by atoms with E-state index >= 15 is 0 Å². The highest BCUT2D eigenvalue weighted by atomic mass is 16.3. The number of likely N-dealkylation sites (tertiary alicyclic amines) is 1. The molecule has 2 N–H and O–H groups in total. The van der Waals surface area contributed by atoms with Crippen LogP contribution in [0.4, 0.5) is 0 Å². The van der Waals surface area contributed by atoms with Gasteiger partial charge in [-0.05, 0) is 45.7 Å². The second kappa shape index (κ2) is 4.60. The molecule has 0 radical (unpaired) electrons. The van der Waals surface area contributed by atoms with E-state index in [1.165, 1.54) is 19.4 Å². The molecule has 14 heavy (non-hydrogen) atoms. The van der Waals surface area contributed by atoms with Crippen LogP contribution in [0.5, 0.6) is 0 Å². The molecule has 2 aliphatic rings. The topological polar surface area (TPSA) is 35.5 Å². The molecule has 2 fully saturated rings. The Bertz CT molecular complexity index is 180. The zero-order chi connectivity index (χ0) is 9.97. The smallest absolute Gasteiger partial charge is 0.0667 e. The molecule has 3 nitrogen and oxygen atoms in total. The second-order valence-electron chi connectivity index (χ2n) is 4.73. The van der Waals surface area contributed by atoms with Crippen LogP contribution in [0.15, 0.2) is 0 Å². The average molecular weight is 198 g/mol. The van der Waals surface area contributed by atoms with Gasteiger partial charge in [0.25, 0.3) is 0 Å². The first-order valence-corrected chi connectivity index (χ1v) is 5.93. The quantitative estimate of drug-likeness (QED) is 0.681. The fourth-order valence-electron chi connectivity index (χ4n) is 2.73. The van der Waals surface area contributed by atoms with Crippen LogP contribution >= 0.6 is 0 Å². The van der Waals surface area contributed by atoms with Gasteiger partial charge in [-0.2, -0.15) is 0 Å². The summed E-state index contributed by atoms with van der Waals surface area (Å²) in [5.74, 6) is 0. The largest absolute Gasteiger partial charge is 0.392 e. The third-order valence-corrected chi connectivity index (χ3v) is 3.68. The lowest BCUT2D eigenvalue weighted by Crippen LogP contribution is -2.50. The summed E-state index contributed by atoms with van der Waals surface area (Å²) in [6.45, 7) is 5.50. The molecule has 2 rings (SSSR count). The van der Waals surface area contributed by atoms with Crippen molar-refractivity contribution in [3.63, 3.8) is 0 Å². The minimum Gasteiger partial charge on any atom is -0.392 e. The Labute approximate surface area is 86.5 Å². The van der Waals surface area contributed by atoms with Crippen LogP contribution in [0.1, 0.15) is 32.6 Å². The molecular formula is C11H22N2O. The zero-order valence-corrected chi connectivity index (χ0v) is 9.08. The molecule has 2 saturated heterocycles. The molecule has 0 aliphatic carbocycles. The van der Waals surface area contributed by atoms with Crippen LogP contribution in [0, 0.1) is 0 Å². The molecule has 0 aromatic carbocycles. The molecule has 0 aromatic rings. The van der Waals surface area contributed by atoms with E-state index in [9.17, 15) is 5.11 Å². The number of β-amino-alcohol motifs (C(OH)–C–C–N with tert-alkyl or cyclic N) is 1. The van der Waals surface area contributed by atoms with E-state index in [1.54, 1.807) is 0 Å². The average Bonchev–Trinajstić information content (AvgIpc) is 2.69. The maximum absolute atomic E-state index is 9.61. The zero-order valence-electron chi connectivity index (χ0n) is 9.08. The highest BCUT2D eigenvalue weighted by Gasteiger charge is 2.28. The summed E-state index contributed by atoms with van der Waals surface area (Å²) in [4.78, 5) is 2.44. The first-order chi connectivity index (χ1) is 6.77. The minimum atomic E-state index is -0.0902. The number of hydrogen-bond acceptors (Lipinski definition) is 3. The normalized spacial score (nSPS) is 37.3. The van der Waals surface area contributed by atoms with Crippen LogP contribution in [0.2, 0.25) is 0 Å². The van der Waals surface area contributed by atoms with Crippen LogP contribution in [0.3, 0.4) is 0 Å². The summed E-state index contributed by atoms with van der Waals surface area (Å²) in [5.41, 5.74) is 0. The highest BCUT2D eigenvalue weighted by molar-refractivity contribution is 4.87. The van der Waals surface area contributed by atoms with Gasteiger partial charge in [-0.15, -0.1) is 0 Å². The van der Waals surface area contributed by atoms with Crippen LogP contribution < -0.4 is 5.32 Å². The Balaban J connectivity index is 1.86. The maximum atomic E-state index is 9.61. The first-order valence-electron chi connectivity index (χ1n) is 5.93. The van der Waals surface area contributed by atoms with Crippen molar-refractivity contribution in [3.8, 4) is 0 Å². The SMILES string of the molecule is CC(C1CCCN1)N1CCCC(O)C1. The number of aliphatic hydroxyl groups excluding tert-OH is 1. The fraction of sp³-hybridized carbons (Fsp3) is 1.00. The van der Waals surface area contributed by atoms with Gasteiger partial charge in [0.1, 0.15) is 0 Å². The van der Waals surface area contributed by atoms with Crippen molar-refractivity contribution in [2.75, 3.05) is 19.6 Å². The molecule has 2 aliphatic heterocycles. The molecule has 2 heterocycles. The molecule has 0 bridgehead atoms. The van der Waals surface area contributed by atoms with Gasteiger partial charge < -0.3 is 10.4 Å². The van der Waals surface area contributed by atoms with Crippen molar-refractivity contribution in [1.29, 1.82) is 0 Å². The number of rotatable bonds is 2. The van der Waals surface area contributed by atoms with E-state index < -0.39 is 0 Å². The highest BCUT2D eigenvalue weighted by Crippen LogP contribution is 2.18. The molecular weight excluding hydrogens is 176 g/mol. The van der Waals surface area contributed by atoms with Gasteiger partial charge in [0.15, 0.2) is 0 Å². The molecule has 0 aromatic heterocycles. The predicted molar refractivity (Wildman–Crippen MR) is 57.3 cm³/mol. The van der Waals surface area contributed by atoms with Crippen LogP contribution in [-0.2, 0) is 0 Å². The van der Waals surface area contributed by atoms with E-state index in [-0.39, 0.29) is 6.10 Å². The molecule has 0 spiro atoms. The van der Waals surface area contributed by atoms with Crippen molar-refractivity contribution < 1.29 is 5.11 Å². The third kappa shape index (κ3) is 2.27. The third-order valence-electron chi connectivity index (χ3n) is 3.68. The number of nitrogens with zero attached hydrogens (tertiary/aromatic N) is 1. The maximum Gasteiger partial charge on any atom is 0.0667 e. The Morgan fingerprint density at radius 3 is 2.86 bits per heavy atom. The summed E-state index contributed by atoms with van der Waals surface area (Å²) in [7, 11) is 0. The molecule has 0 amide bonds. The van der Waals surface area contributed by atoms with Gasteiger partial charge in [0, 0.05) is 18.6 Å². The number of aliphatic hydroxyl groups is 1. The van der Waals surface area contributed by atoms with Gasteiger partial charge in [0.2, 0.25) is 0 Å². The first kappa shape index (κ1) is 10.4. The van der Waals surface area contributed by atoms with Gasteiger partial charge in [-0.1, -0.05) is 0 Å². The van der Waals surface area contributed by atoms with Crippen molar-refractivity contribution in [1.82, 2.24) is 10.2 Å². The molecule has 3 unspecified atom stereocenters. The fourth-order valence-corrected chi connectivity index (χ4v) is 2.73. The summed E-state index contributed by atoms with van der Waals surface area (Å²) >= 11 is 0. The Hall–Kier alpha value is -0.120. The summed E-state index contributed by atoms with van der Waals surface area (Å²) in [6, 6.07) is 1.24. The van der Waals surface area contributed by atoms with E-state index in [2.05, 4.69) is 17.1 Å². The van der Waals surface area contributed by atoms with Gasteiger partial charge in [-0.3, -0.25) is 4.90 Å². The van der Waals surface area contributed by atoms with Crippen molar-refractivity contribution >= 4 is 0 Å². The van der Waals surface area contributed by atoms with E-state index in [0.29, 0.717) is 12.1 Å². The number of piperidine rings is 1. The summed E-state index contributed by atoms with van der Waals surface area (Å²) in [6.07, 6.45) is 4.66. The van der Waals surface area contributed by atoms with Gasteiger partial charge >= 0.3 is 0 Å². The Kier molecular flexibility index (Phi) is 3.42. The molecule has 3 atom stereocenters. The summed E-state index contributed by atoms with van der Waals surface area (Å²) in [5, 5.41) is 13.2. The number of nitrogens with one attached hydrogen (secondary N) is 1. The standard InChI is InChI=1S/C11H22N2O/c1-9(11-5-2-6-12-11)13-7-3-4-10(14)8-13/h9-12,14H,2-8H2,1H3. The van der Waals surface area contributed by atoms with Crippen molar-refractivity contribution in [2.45, 2.75) is 50.8 Å². The monoisotopic (exact) mass is 198 g/mol. The lowest BCUT2D eigenvalue weighted by atomic mass is 10.0. The molecule has 82 valence electrons. The Morgan fingerprint density at radius 1 is 1.36 bits per heavy atom. The molecule has 0 saturated carbocycles. The second-order valence-corrected chi connectivity index (χ2v) is 4.73. The lowest BCUT2D eigenvalue weighted by Gasteiger charge is -2.37. The van der Waals surface area contributed by atoms with E-state index in [0.717, 1.165) is 25.9 Å². The van der Waals surface area contributed by atoms with Crippen molar-refractivity contribution in [2.24, 2.45) is 0 Å². The van der Waals surface area contributed by atoms with Crippen LogP contribution in [0.25, 0.3) is 0 Å². The molecule has 3 heteroatoms. The summed E-state index contributed by atoms with van der Waals surface area (Å²) < 4.78 is 0.